The summed E-state index contributed by atoms with van der Waals surface area (Å²) in [5, 5.41) is 5.41. The van der Waals surface area contributed by atoms with Crippen LogP contribution in [0.5, 0.6) is 5.75 Å². The Morgan fingerprint density at radius 2 is 1.97 bits per heavy atom. The third-order valence-electron chi connectivity index (χ3n) is 4.75. The molecule has 31 heavy (non-hydrogen) atoms. The number of H-pyrrole nitrogens is 1. The standard InChI is InChI=1S/C23H21N3O3S2/c1-14-9-11-30-18(14)12-25-22(28)20-15(2)26-23(31-20)19-17(8-10-24-21(19)27)29-13-16-6-4-3-5-7-16/h3-11H,12-13H2,1-2H3,(H,24,27)(H,25,28). The van der Waals surface area contributed by atoms with Crippen LogP contribution in [-0.4, -0.2) is 15.9 Å². The fourth-order valence-corrected chi connectivity index (χ4v) is 4.93. The van der Waals surface area contributed by atoms with Gasteiger partial charge in [-0.15, -0.1) is 22.7 Å². The van der Waals surface area contributed by atoms with Gasteiger partial charge in [-0.3, -0.25) is 9.59 Å². The number of rotatable bonds is 7. The van der Waals surface area contributed by atoms with E-state index in [2.05, 4.69) is 15.3 Å². The molecule has 0 aliphatic rings. The Kier molecular flexibility index (Phi) is 6.29. The summed E-state index contributed by atoms with van der Waals surface area (Å²) in [5.41, 5.74) is 2.76. The predicted octanol–water partition coefficient (Wildman–Crippen LogP) is 4.69. The smallest absolute Gasteiger partial charge is 0.263 e. The van der Waals surface area contributed by atoms with Gasteiger partial charge in [0.2, 0.25) is 0 Å². The maximum atomic E-state index is 12.7. The number of pyridine rings is 1. The van der Waals surface area contributed by atoms with Crippen LogP contribution in [0.1, 0.15) is 31.4 Å². The maximum Gasteiger partial charge on any atom is 0.263 e. The number of aromatic nitrogens is 2. The highest BCUT2D eigenvalue weighted by Crippen LogP contribution is 2.32. The molecule has 0 aliphatic carbocycles. The van der Waals surface area contributed by atoms with Gasteiger partial charge in [-0.1, -0.05) is 30.3 Å². The number of nitrogens with one attached hydrogen (secondary N) is 2. The van der Waals surface area contributed by atoms with E-state index in [0.29, 0.717) is 40.0 Å². The first-order valence-corrected chi connectivity index (χ1v) is 11.4. The van der Waals surface area contributed by atoms with Crippen molar-refractivity contribution in [3.63, 3.8) is 0 Å². The minimum Gasteiger partial charge on any atom is -0.488 e. The zero-order valence-corrected chi connectivity index (χ0v) is 18.7. The Morgan fingerprint density at radius 1 is 1.16 bits per heavy atom. The molecule has 4 aromatic rings. The largest absolute Gasteiger partial charge is 0.488 e. The first-order chi connectivity index (χ1) is 15.0. The zero-order valence-electron chi connectivity index (χ0n) is 17.1. The van der Waals surface area contributed by atoms with E-state index in [4.69, 9.17) is 4.74 Å². The van der Waals surface area contributed by atoms with Gasteiger partial charge in [-0.05, 0) is 42.5 Å². The third-order valence-corrected chi connectivity index (χ3v) is 6.95. The maximum absolute atomic E-state index is 12.7. The molecule has 0 radical (unpaired) electrons. The van der Waals surface area contributed by atoms with Crippen LogP contribution in [0.25, 0.3) is 10.6 Å². The van der Waals surface area contributed by atoms with E-state index in [0.717, 1.165) is 16.0 Å². The number of hydrogen-bond donors (Lipinski definition) is 2. The summed E-state index contributed by atoms with van der Waals surface area (Å²) in [6, 6.07) is 13.5. The fourth-order valence-electron chi connectivity index (χ4n) is 3.06. The van der Waals surface area contributed by atoms with Crippen molar-refractivity contribution in [2.24, 2.45) is 0 Å². The average Bonchev–Trinajstić information content (AvgIpc) is 3.36. The van der Waals surface area contributed by atoms with Gasteiger partial charge in [0.15, 0.2) is 0 Å². The van der Waals surface area contributed by atoms with Gasteiger partial charge >= 0.3 is 0 Å². The number of ether oxygens (including phenoxy) is 1. The summed E-state index contributed by atoms with van der Waals surface area (Å²) >= 11 is 2.80. The number of aryl methyl sites for hydroxylation is 2. The Bertz CT molecular complexity index is 1260. The van der Waals surface area contributed by atoms with Crippen molar-refractivity contribution >= 4 is 28.6 Å². The van der Waals surface area contributed by atoms with Gasteiger partial charge in [0.05, 0.1) is 12.2 Å². The molecule has 1 amide bonds. The van der Waals surface area contributed by atoms with Crippen molar-refractivity contribution in [1.82, 2.24) is 15.3 Å². The van der Waals surface area contributed by atoms with Crippen molar-refractivity contribution in [2.45, 2.75) is 27.0 Å². The molecule has 4 rings (SSSR count). The molecule has 6 nitrogen and oxygen atoms in total. The SMILES string of the molecule is Cc1ccsc1CNC(=O)c1sc(-c2c(OCc3ccccc3)cc[nH]c2=O)nc1C. The van der Waals surface area contributed by atoms with E-state index in [1.165, 1.54) is 11.3 Å². The fraction of sp³-hybridized carbons (Fsp3) is 0.174. The summed E-state index contributed by atoms with van der Waals surface area (Å²) in [6.07, 6.45) is 1.55. The van der Waals surface area contributed by atoms with E-state index in [-0.39, 0.29) is 11.5 Å². The predicted molar refractivity (Wildman–Crippen MR) is 124 cm³/mol. The number of amides is 1. The third kappa shape index (κ3) is 4.76. The highest BCUT2D eigenvalue weighted by molar-refractivity contribution is 7.17. The quantitative estimate of drug-likeness (QED) is 0.427. The molecule has 158 valence electrons. The topological polar surface area (TPSA) is 84.1 Å². The Hall–Kier alpha value is -3.23. The lowest BCUT2D eigenvalue weighted by Gasteiger charge is -2.09. The average molecular weight is 452 g/mol. The van der Waals surface area contributed by atoms with Crippen LogP contribution in [0.15, 0.2) is 58.8 Å². The number of nitrogens with zero attached hydrogens (tertiary/aromatic N) is 1. The lowest BCUT2D eigenvalue weighted by atomic mass is 10.2. The molecule has 0 atom stereocenters. The van der Waals surface area contributed by atoms with Gasteiger partial charge in [0.25, 0.3) is 11.5 Å². The molecule has 0 saturated carbocycles. The minimum absolute atomic E-state index is 0.201. The van der Waals surface area contributed by atoms with Gasteiger partial charge in [-0.25, -0.2) is 4.98 Å². The van der Waals surface area contributed by atoms with Crippen molar-refractivity contribution in [3.8, 4) is 16.3 Å². The van der Waals surface area contributed by atoms with Gasteiger partial charge in [0.1, 0.15) is 27.8 Å². The Morgan fingerprint density at radius 3 is 2.71 bits per heavy atom. The van der Waals surface area contributed by atoms with Crippen LogP contribution in [0.3, 0.4) is 0 Å². The molecule has 0 saturated heterocycles. The number of carbonyl (C=O) groups excluding carboxylic acids is 1. The summed E-state index contributed by atoms with van der Waals surface area (Å²) in [7, 11) is 0. The molecular weight excluding hydrogens is 430 g/mol. The molecule has 1 aromatic carbocycles. The Labute approximate surface area is 187 Å². The number of thiazole rings is 1. The number of benzene rings is 1. The van der Waals surface area contributed by atoms with Crippen molar-refractivity contribution < 1.29 is 9.53 Å². The van der Waals surface area contributed by atoms with Crippen molar-refractivity contribution in [3.05, 3.63) is 91.0 Å². The molecule has 3 heterocycles. The van der Waals surface area contributed by atoms with Crippen LogP contribution >= 0.6 is 22.7 Å². The summed E-state index contributed by atoms with van der Waals surface area (Å²) in [6.45, 7) is 4.58. The first-order valence-electron chi connectivity index (χ1n) is 9.70. The lowest BCUT2D eigenvalue weighted by Crippen LogP contribution is -2.22. The van der Waals surface area contributed by atoms with Crippen molar-refractivity contribution in [1.29, 1.82) is 0 Å². The van der Waals surface area contributed by atoms with Crippen LogP contribution in [0.2, 0.25) is 0 Å². The Balaban J connectivity index is 1.56. The monoisotopic (exact) mass is 451 g/mol. The van der Waals surface area contributed by atoms with Crippen LogP contribution < -0.4 is 15.6 Å². The number of aromatic amines is 1. The summed E-state index contributed by atoms with van der Waals surface area (Å²) < 4.78 is 5.93. The second-order valence-electron chi connectivity index (χ2n) is 6.96. The first kappa shape index (κ1) is 21.0. The zero-order chi connectivity index (χ0) is 21.8. The van der Waals surface area contributed by atoms with Crippen LogP contribution in [-0.2, 0) is 13.2 Å². The van der Waals surface area contributed by atoms with E-state index in [1.54, 1.807) is 30.5 Å². The van der Waals surface area contributed by atoms with E-state index in [1.807, 2.05) is 48.7 Å². The van der Waals surface area contributed by atoms with E-state index in [9.17, 15) is 9.59 Å². The highest BCUT2D eigenvalue weighted by Gasteiger charge is 2.21. The molecule has 2 N–H and O–H groups in total. The minimum atomic E-state index is -0.305. The van der Waals surface area contributed by atoms with E-state index >= 15 is 0 Å². The van der Waals surface area contributed by atoms with Gasteiger partial charge in [-0.2, -0.15) is 0 Å². The van der Waals surface area contributed by atoms with E-state index < -0.39 is 0 Å². The molecule has 0 aliphatic heterocycles. The van der Waals surface area contributed by atoms with Gasteiger partial charge < -0.3 is 15.0 Å². The number of hydrogen-bond acceptors (Lipinski definition) is 6. The molecule has 3 aromatic heterocycles. The number of carbonyl (C=O) groups is 1. The molecule has 0 fully saturated rings. The molecule has 0 bridgehead atoms. The molecular formula is C23H21N3O3S2. The summed E-state index contributed by atoms with van der Waals surface area (Å²) in [4.78, 5) is 34.1. The van der Waals surface area contributed by atoms with Crippen LogP contribution in [0, 0.1) is 13.8 Å². The second kappa shape index (κ2) is 9.28. The normalized spacial score (nSPS) is 10.8. The van der Waals surface area contributed by atoms with Crippen LogP contribution in [0.4, 0.5) is 0 Å². The molecule has 0 spiro atoms. The van der Waals surface area contributed by atoms with Gasteiger partial charge in [0, 0.05) is 11.1 Å². The van der Waals surface area contributed by atoms with Crippen molar-refractivity contribution in [2.75, 3.05) is 0 Å². The second-order valence-corrected chi connectivity index (χ2v) is 8.96. The highest BCUT2D eigenvalue weighted by atomic mass is 32.1. The lowest BCUT2D eigenvalue weighted by molar-refractivity contribution is 0.0954. The molecule has 0 unspecified atom stereocenters. The number of thiophene rings is 1. The summed E-state index contributed by atoms with van der Waals surface area (Å²) in [5.74, 6) is 0.232. The molecule has 8 heteroatoms.